The van der Waals surface area contributed by atoms with E-state index in [9.17, 15) is 4.79 Å². The van der Waals surface area contributed by atoms with Crippen molar-refractivity contribution in [2.45, 2.75) is 51.1 Å². The molecule has 0 unspecified atom stereocenters. The third-order valence-electron chi connectivity index (χ3n) is 4.02. The maximum atomic E-state index is 12.0. The zero-order valence-electron chi connectivity index (χ0n) is 12.8. The molecule has 2 rings (SSSR count). The van der Waals surface area contributed by atoms with Crippen LogP contribution in [0.5, 0.6) is 0 Å². The predicted molar refractivity (Wildman–Crippen MR) is 85.1 cm³/mol. The van der Waals surface area contributed by atoms with Crippen LogP contribution in [0.25, 0.3) is 0 Å². The molecule has 0 radical (unpaired) electrons. The fraction of sp³-hybridized carbons (Fsp3) is 0.625. The van der Waals surface area contributed by atoms with Crippen molar-refractivity contribution < 1.29 is 4.79 Å². The molecule has 1 aliphatic heterocycles. The standard InChI is InChI=1S/C16H26N4O/c1-2-3-6-14(17)16(21)19-13-8-11-20(12-9-13)15-7-4-5-10-18-15/h4-5,7,10,13-14H,2-3,6,8-9,11-12,17H2,1H3,(H,19,21)/t14-/m0/s1. The molecular weight excluding hydrogens is 264 g/mol. The summed E-state index contributed by atoms with van der Waals surface area (Å²) in [5.74, 6) is 1.02. The van der Waals surface area contributed by atoms with Crippen LogP contribution in [0.3, 0.4) is 0 Å². The molecule has 1 fully saturated rings. The smallest absolute Gasteiger partial charge is 0.237 e. The van der Waals surface area contributed by atoms with E-state index in [1.54, 1.807) is 0 Å². The summed E-state index contributed by atoms with van der Waals surface area (Å²) in [7, 11) is 0. The van der Waals surface area contributed by atoms with Crippen LogP contribution in [0.2, 0.25) is 0 Å². The average molecular weight is 290 g/mol. The summed E-state index contributed by atoms with van der Waals surface area (Å²) in [6.45, 7) is 3.95. The van der Waals surface area contributed by atoms with Gasteiger partial charge in [-0.3, -0.25) is 4.79 Å². The lowest BCUT2D eigenvalue weighted by atomic mass is 10.0. The van der Waals surface area contributed by atoms with Gasteiger partial charge in [-0.1, -0.05) is 25.8 Å². The molecule has 0 aromatic carbocycles. The molecule has 3 N–H and O–H groups in total. The highest BCUT2D eigenvalue weighted by molar-refractivity contribution is 5.81. The largest absolute Gasteiger partial charge is 0.356 e. The van der Waals surface area contributed by atoms with E-state index in [1.165, 1.54) is 0 Å². The molecule has 0 saturated carbocycles. The molecular formula is C16H26N4O. The van der Waals surface area contributed by atoms with Crippen molar-refractivity contribution in [1.82, 2.24) is 10.3 Å². The van der Waals surface area contributed by atoms with Crippen molar-refractivity contribution in [3.05, 3.63) is 24.4 Å². The van der Waals surface area contributed by atoms with Crippen LogP contribution < -0.4 is 16.0 Å². The molecule has 1 aromatic heterocycles. The second-order valence-corrected chi connectivity index (χ2v) is 5.71. The number of nitrogens with zero attached hydrogens (tertiary/aromatic N) is 2. The molecule has 116 valence electrons. The van der Waals surface area contributed by atoms with Gasteiger partial charge in [0.1, 0.15) is 5.82 Å². The first kappa shape index (κ1) is 15.8. The molecule has 21 heavy (non-hydrogen) atoms. The summed E-state index contributed by atoms with van der Waals surface area (Å²) in [6.07, 6.45) is 6.56. The Bertz CT molecular complexity index is 429. The number of hydrogen-bond donors (Lipinski definition) is 2. The third kappa shape index (κ3) is 4.70. The summed E-state index contributed by atoms with van der Waals surface area (Å²) in [6, 6.07) is 5.83. The van der Waals surface area contributed by atoms with Gasteiger partial charge in [-0.25, -0.2) is 4.98 Å². The quantitative estimate of drug-likeness (QED) is 0.836. The molecule has 1 aliphatic rings. The van der Waals surface area contributed by atoms with Crippen LogP contribution in [0.1, 0.15) is 39.0 Å². The molecule has 5 heteroatoms. The van der Waals surface area contributed by atoms with Crippen molar-refractivity contribution >= 4 is 11.7 Å². The van der Waals surface area contributed by atoms with Gasteiger partial charge in [-0.2, -0.15) is 0 Å². The number of carbonyl (C=O) groups is 1. The Morgan fingerprint density at radius 3 is 2.86 bits per heavy atom. The minimum absolute atomic E-state index is 0.000244. The molecule has 1 saturated heterocycles. The van der Waals surface area contributed by atoms with Crippen molar-refractivity contribution in [2.24, 2.45) is 5.73 Å². The van der Waals surface area contributed by atoms with Crippen molar-refractivity contribution in [1.29, 1.82) is 0 Å². The Labute approximate surface area is 126 Å². The highest BCUT2D eigenvalue weighted by Crippen LogP contribution is 2.17. The van der Waals surface area contributed by atoms with Gasteiger partial charge in [0, 0.05) is 25.3 Å². The number of hydrogen-bond acceptors (Lipinski definition) is 4. The lowest BCUT2D eigenvalue weighted by Gasteiger charge is -2.33. The van der Waals surface area contributed by atoms with Crippen molar-refractivity contribution in [3.63, 3.8) is 0 Å². The second kappa shape index (κ2) is 7.98. The van der Waals surface area contributed by atoms with E-state index in [-0.39, 0.29) is 18.0 Å². The summed E-state index contributed by atoms with van der Waals surface area (Å²) in [5, 5.41) is 3.09. The predicted octanol–water partition coefficient (Wildman–Crippen LogP) is 1.68. The van der Waals surface area contributed by atoms with E-state index in [0.29, 0.717) is 0 Å². The number of anilines is 1. The van der Waals surface area contributed by atoms with E-state index in [4.69, 9.17) is 5.73 Å². The van der Waals surface area contributed by atoms with Crippen LogP contribution >= 0.6 is 0 Å². The van der Waals surface area contributed by atoms with E-state index in [0.717, 1.165) is 51.0 Å². The van der Waals surface area contributed by atoms with Gasteiger partial charge >= 0.3 is 0 Å². The van der Waals surface area contributed by atoms with Gasteiger partial charge in [0.2, 0.25) is 5.91 Å². The first-order chi connectivity index (χ1) is 10.2. The Morgan fingerprint density at radius 1 is 1.48 bits per heavy atom. The number of pyridine rings is 1. The van der Waals surface area contributed by atoms with Gasteiger partial charge in [-0.15, -0.1) is 0 Å². The minimum atomic E-state index is -0.362. The van der Waals surface area contributed by atoms with Crippen LogP contribution in [0.4, 0.5) is 5.82 Å². The SMILES string of the molecule is CCCC[C@H](N)C(=O)NC1CCN(c2ccccn2)CC1. The Balaban J connectivity index is 1.75. The second-order valence-electron chi connectivity index (χ2n) is 5.71. The number of piperidine rings is 1. The number of aromatic nitrogens is 1. The van der Waals surface area contributed by atoms with E-state index in [1.807, 2.05) is 24.4 Å². The number of rotatable bonds is 6. The highest BCUT2D eigenvalue weighted by atomic mass is 16.2. The average Bonchev–Trinajstić information content (AvgIpc) is 2.54. The number of nitrogens with two attached hydrogens (primary N) is 1. The molecule has 2 heterocycles. The maximum absolute atomic E-state index is 12.0. The molecule has 1 atom stereocenters. The Morgan fingerprint density at radius 2 is 2.24 bits per heavy atom. The Kier molecular flexibility index (Phi) is 5.99. The van der Waals surface area contributed by atoms with Crippen LogP contribution in [-0.4, -0.2) is 36.1 Å². The molecule has 0 aliphatic carbocycles. The first-order valence-electron chi connectivity index (χ1n) is 7.92. The lowest BCUT2D eigenvalue weighted by molar-refractivity contribution is -0.123. The van der Waals surface area contributed by atoms with Crippen LogP contribution in [-0.2, 0) is 4.79 Å². The van der Waals surface area contributed by atoms with Gasteiger partial charge in [0.05, 0.1) is 6.04 Å². The fourth-order valence-corrected chi connectivity index (χ4v) is 2.66. The molecule has 0 spiro atoms. The molecule has 1 aromatic rings. The molecule has 5 nitrogen and oxygen atoms in total. The fourth-order valence-electron chi connectivity index (χ4n) is 2.66. The summed E-state index contributed by atoms with van der Waals surface area (Å²) in [4.78, 5) is 18.6. The minimum Gasteiger partial charge on any atom is -0.356 e. The van der Waals surface area contributed by atoms with E-state index in [2.05, 4.69) is 22.1 Å². The van der Waals surface area contributed by atoms with Crippen molar-refractivity contribution in [3.8, 4) is 0 Å². The summed E-state index contributed by atoms with van der Waals surface area (Å²) in [5.41, 5.74) is 5.91. The monoisotopic (exact) mass is 290 g/mol. The third-order valence-corrected chi connectivity index (χ3v) is 4.02. The van der Waals surface area contributed by atoms with E-state index >= 15 is 0 Å². The van der Waals surface area contributed by atoms with Crippen LogP contribution in [0, 0.1) is 0 Å². The maximum Gasteiger partial charge on any atom is 0.237 e. The van der Waals surface area contributed by atoms with Crippen molar-refractivity contribution in [2.75, 3.05) is 18.0 Å². The Hall–Kier alpha value is -1.62. The zero-order chi connectivity index (χ0) is 15.1. The highest BCUT2D eigenvalue weighted by Gasteiger charge is 2.23. The normalized spacial score (nSPS) is 17.5. The topological polar surface area (TPSA) is 71.2 Å². The van der Waals surface area contributed by atoms with Gasteiger partial charge in [-0.05, 0) is 31.4 Å². The zero-order valence-corrected chi connectivity index (χ0v) is 12.8. The van der Waals surface area contributed by atoms with Gasteiger partial charge < -0.3 is 16.0 Å². The number of nitrogens with one attached hydrogen (secondary N) is 1. The first-order valence-corrected chi connectivity index (χ1v) is 7.92. The molecule has 1 amide bonds. The number of amides is 1. The summed E-state index contributed by atoms with van der Waals surface area (Å²) < 4.78 is 0. The van der Waals surface area contributed by atoms with Gasteiger partial charge in [0.25, 0.3) is 0 Å². The van der Waals surface area contributed by atoms with Crippen LogP contribution in [0.15, 0.2) is 24.4 Å². The lowest BCUT2D eigenvalue weighted by Crippen LogP contribution is -2.49. The molecule has 0 bridgehead atoms. The van der Waals surface area contributed by atoms with E-state index < -0.39 is 0 Å². The van der Waals surface area contributed by atoms with Gasteiger partial charge in [0.15, 0.2) is 0 Å². The summed E-state index contributed by atoms with van der Waals surface area (Å²) >= 11 is 0. The number of unbranched alkanes of at least 4 members (excludes halogenated alkanes) is 1. The number of carbonyl (C=O) groups excluding carboxylic acids is 1.